The van der Waals surface area contributed by atoms with Gasteiger partial charge in [0, 0.05) is 0 Å². The third-order valence-electron chi connectivity index (χ3n) is 3.27. The molecule has 0 bridgehead atoms. The minimum atomic E-state index is -0.305. The Morgan fingerprint density at radius 1 is 1.19 bits per heavy atom. The molecule has 0 amide bonds. The van der Waals surface area contributed by atoms with Crippen molar-refractivity contribution in [1.82, 2.24) is 9.55 Å². The van der Waals surface area contributed by atoms with Gasteiger partial charge in [0.2, 0.25) is 0 Å². The molecule has 0 fully saturated rings. The Balaban J connectivity index is 2.46. The van der Waals surface area contributed by atoms with Crippen LogP contribution in [-0.2, 0) is 0 Å². The number of rotatable bonds is 2. The van der Waals surface area contributed by atoms with Crippen LogP contribution in [0.4, 0.5) is 0 Å². The molecule has 1 heterocycles. The molecule has 21 heavy (non-hydrogen) atoms. The van der Waals surface area contributed by atoms with Crippen molar-refractivity contribution < 1.29 is 0 Å². The number of fused-ring (bicyclic) bond motifs is 1. The van der Waals surface area contributed by atoms with Gasteiger partial charge in [-0.1, -0.05) is 29.8 Å². The van der Waals surface area contributed by atoms with E-state index in [0.717, 1.165) is 16.7 Å². The number of imidazole rings is 1. The van der Waals surface area contributed by atoms with E-state index in [2.05, 4.69) is 11.1 Å². The third kappa shape index (κ3) is 2.27. The van der Waals surface area contributed by atoms with E-state index < -0.39 is 0 Å². The third-order valence-corrected chi connectivity index (χ3v) is 3.77. The van der Waals surface area contributed by atoms with Crippen LogP contribution in [0.2, 0.25) is 5.02 Å². The number of nitriles is 1. The highest BCUT2D eigenvalue weighted by Crippen LogP contribution is 2.33. The molecule has 3 rings (SSSR count). The van der Waals surface area contributed by atoms with Crippen LogP contribution >= 0.6 is 23.2 Å². The van der Waals surface area contributed by atoms with Crippen molar-refractivity contribution in [1.29, 1.82) is 5.26 Å². The lowest BCUT2D eigenvalue weighted by atomic mass is 10.2. The molecule has 104 valence electrons. The molecule has 1 unspecified atom stereocenters. The van der Waals surface area contributed by atoms with Gasteiger partial charge in [0.05, 0.1) is 32.7 Å². The van der Waals surface area contributed by atoms with Crippen LogP contribution in [0, 0.1) is 11.3 Å². The fourth-order valence-electron chi connectivity index (χ4n) is 2.38. The van der Waals surface area contributed by atoms with Crippen molar-refractivity contribution in [3.63, 3.8) is 0 Å². The monoisotopic (exact) mass is 315 g/mol. The molecule has 3 aromatic rings. The van der Waals surface area contributed by atoms with Crippen molar-refractivity contribution in [2.75, 3.05) is 0 Å². The predicted molar refractivity (Wildman–Crippen MR) is 85.1 cm³/mol. The zero-order valence-electron chi connectivity index (χ0n) is 11.2. The van der Waals surface area contributed by atoms with Gasteiger partial charge >= 0.3 is 0 Å². The number of aromatic nitrogens is 2. The zero-order chi connectivity index (χ0) is 15.0. The maximum atomic E-state index is 9.34. The molecule has 0 aliphatic heterocycles. The Bertz CT molecular complexity index is 860. The van der Waals surface area contributed by atoms with Crippen molar-refractivity contribution in [3.8, 4) is 11.8 Å². The largest absolute Gasteiger partial charge is 0.292 e. The van der Waals surface area contributed by atoms with Crippen LogP contribution in [0.15, 0.2) is 42.5 Å². The Morgan fingerprint density at radius 3 is 2.67 bits per heavy atom. The van der Waals surface area contributed by atoms with Crippen molar-refractivity contribution in [3.05, 3.63) is 58.9 Å². The van der Waals surface area contributed by atoms with Crippen LogP contribution in [0.5, 0.6) is 0 Å². The highest BCUT2D eigenvalue weighted by molar-refractivity contribution is 6.35. The summed E-state index contributed by atoms with van der Waals surface area (Å²) in [6.07, 6.45) is 0. The maximum absolute atomic E-state index is 9.34. The van der Waals surface area contributed by atoms with Gasteiger partial charge in [-0.05, 0) is 31.2 Å². The lowest BCUT2D eigenvalue weighted by molar-refractivity contribution is 0.881. The lowest BCUT2D eigenvalue weighted by Crippen LogP contribution is -2.04. The quantitative estimate of drug-likeness (QED) is 0.634. The summed E-state index contributed by atoms with van der Waals surface area (Å²) in [5.74, 6) is 0.669. The van der Waals surface area contributed by atoms with Gasteiger partial charge in [-0.15, -0.1) is 11.6 Å². The maximum Gasteiger partial charge on any atom is 0.132 e. The van der Waals surface area contributed by atoms with E-state index >= 15 is 0 Å². The van der Waals surface area contributed by atoms with Crippen LogP contribution in [-0.4, -0.2) is 9.55 Å². The van der Waals surface area contributed by atoms with Gasteiger partial charge in [-0.3, -0.25) is 4.57 Å². The highest BCUT2D eigenvalue weighted by Gasteiger charge is 2.19. The Kier molecular flexibility index (Phi) is 3.59. The second-order valence-electron chi connectivity index (χ2n) is 4.66. The molecular formula is C16H11Cl2N3. The number of alkyl halides is 1. The molecule has 5 heteroatoms. The minimum Gasteiger partial charge on any atom is -0.292 e. The van der Waals surface area contributed by atoms with E-state index in [4.69, 9.17) is 23.2 Å². The molecular weight excluding hydrogens is 305 g/mol. The molecule has 3 nitrogen and oxygen atoms in total. The molecule has 2 aromatic carbocycles. The Labute approximate surface area is 132 Å². The van der Waals surface area contributed by atoms with E-state index in [9.17, 15) is 5.26 Å². The Morgan fingerprint density at radius 2 is 1.95 bits per heavy atom. The average Bonchev–Trinajstić information content (AvgIpc) is 2.88. The molecule has 0 saturated heterocycles. The first-order valence-corrected chi connectivity index (χ1v) is 7.25. The van der Waals surface area contributed by atoms with Crippen LogP contribution in [0.25, 0.3) is 16.7 Å². The van der Waals surface area contributed by atoms with Gasteiger partial charge in [0.25, 0.3) is 0 Å². The zero-order valence-corrected chi connectivity index (χ0v) is 12.7. The van der Waals surface area contributed by atoms with E-state index in [1.807, 2.05) is 41.8 Å². The molecule has 0 saturated carbocycles. The van der Waals surface area contributed by atoms with Crippen LogP contribution < -0.4 is 0 Å². The van der Waals surface area contributed by atoms with Gasteiger partial charge < -0.3 is 0 Å². The Hall–Kier alpha value is -2.02. The summed E-state index contributed by atoms with van der Waals surface area (Å²) in [7, 11) is 0. The first-order chi connectivity index (χ1) is 10.1. The van der Waals surface area contributed by atoms with Crippen LogP contribution in [0.1, 0.15) is 23.7 Å². The lowest BCUT2D eigenvalue weighted by Gasteiger charge is -2.12. The van der Waals surface area contributed by atoms with E-state index in [1.165, 1.54) is 0 Å². The fraction of sp³-hybridized carbons (Fsp3) is 0.125. The minimum absolute atomic E-state index is 0.305. The molecule has 0 aliphatic rings. The molecule has 1 atom stereocenters. The summed E-state index contributed by atoms with van der Waals surface area (Å²) in [5, 5.41) is 9.61. The van der Waals surface area contributed by atoms with E-state index in [-0.39, 0.29) is 5.38 Å². The SMILES string of the molecule is CC(Cl)c1nc2cccc(Cl)c2n1-c1ccccc1C#N. The number of halogens is 2. The highest BCUT2D eigenvalue weighted by atomic mass is 35.5. The summed E-state index contributed by atoms with van der Waals surface area (Å²) in [5.41, 5.74) is 2.82. The summed E-state index contributed by atoms with van der Waals surface area (Å²) >= 11 is 12.6. The second-order valence-corrected chi connectivity index (χ2v) is 5.72. The number of para-hydroxylation sites is 2. The standard InChI is InChI=1S/C16H11Cl2N3/c1-10(17)16-20-13-7-4-6-12(18)15(13)21(16)14-8-3-2-5-11(14)9-19/h2-8,10H,1H3. The van der Waals surface area contributed by atoms with Crippen molar-refractivity contribution >= 4 is 34.2 Å². The molecule has 1 aromatic heterocycles. The van der Waals surface area contributed by atoms with Crippen molar-refractivity contribution in [2.24, 2.45) is 0 Å². The van der Waals surface area contributed by atoms with E-state index in [1.54, 1.807) is 12.1 Å². The molecule has 0 radical (unpaired) electrons. The average molecular weight is 316 g/mol. The molecule has 0 spiro atoms. The summed E-state index contributed by atoms with van der Waals surface area (Å²) < 4.78 is 1.87. The second kappa shape index (κ2) is 5.40. The number of benzene rings is 2. The first-order valence-electron chi connectivity index (χ1n) is 6.44. The smallest absolute Gasteiger partial charge is 0.132 e. The summed E-state index contributed by atoms with van der Waals surface area (Å²) in [6.45, 7) is 1.85. The van der Waals surface area contributed by atoms with Gasteiger partial charge in [-0.2, -0.15) is 5.26 Å². The number of nitrogens with zero attached hydrogens (tertiary/aromatic N) is 3. The topological polar surface area (TPSA) is 41.6 Å². The molecule has 0 aliphatic carbocycles. The van der Waals surface area contributed by atoms with Crippen LogP contribution in [0.3, 0.4) is 0 Å². The first kappa shape index (κ1) is 13.9. The van der Waals surface area contributed by atoms with Gasteiger partial charge in [-0.25, -0.2) is 4.98 Å². The normalized spacial score (nSPS) is 12.3. The van der Waals surface area contributed by atoms with Gasteiger partial charge in [0.1, 0.15) is 11.9 Å². The van der Waals surface area contributed by atoms with Crippen molar-refractivity contribution in [2.45, 2.75) is 12.3 Å². The number of hydrogen-bond acceptors (Lipinski definition) is 2. The van der Waals surface area contributed by atoms with E-state index in [0.29, 0.717) is 16.4 Å². The fourth-order valence-corrected chi connectivity index (χ4v) is 2.78. The number of hydrogen-bond donors (Lipinski definition) is 0. The molecule has 0 N–H and O–H groups in total. The summed E-state index contributed by atoms with van der Waals surface area (Å²) in [4.78, 5) is 4.56. The summed E-state index contributed by atoms with van der Waals surface area (Å²) in [6, 6.07) is 15.1. The predicted octanol–water partition coefficient (Wildman–Crippen LogP) is 4.85. The van der Waals surface area contributed by atoms with Gasteiger partial charge in [0.15, 0.2) is 0 Å².